The van der Waals surface area contributed by atoms with Crippen LogP contribution in [0.25, 0.3) is 0 Å². The molecule has 2 N–H and O–H groups in total. The van der Waals surface area contributed by atoms with E-state index in [1.807, 2.05) is 0 Å². The van der Waals surface area contributed by atoms with Gasteiger partial charge in [0.15, 0.2) is 6.10 Å². The number of nitrogens with one attached hydrogen (secondary N) is 2. The fourth-order valence-electron chi connectivity index (χ4n) is 2.66. The van der Waals surface area contributed by atoms with Crippen molar-refractivity contribution in [1.82, 2.24) is 15.5 Å². The quantitative estimate of drug-likeness (QED) is 0.669. The maximum atomic E-state index is 12.5. The minimum absolute atomic E-state index is 0.224. The van der Waals surface area contributed by atoms with Crippen molar-refractivity contribution in [2.45, 2.75) is 32.9 Å². The van der Waals surface area contributed by atoms with Crippen LogP contribution in [0.2, 0.25) is 0 Å². The van der Waals surface area contributed by atoms with E-state index in [1.54, 1.807) is 38.1 Å². The van der Waals surface area contributed by atoms with Gasteiger partial charge in [-0.1, -0.05) is 13.8 Å². The Balaban J connectivity index is 2.01. The average Bonchev–Trinajstić information content (AvgIpc) is 3.10. The highest BCUT2D eigenvalue weighted by atomic mass is 16.5. The van der Waals surface area contributed by atoms with E-state index < -0.39 is 36.0 Å². The largest absolute Gasteiger partial charge is 0.497 e. The highest BCUT2D eigenvalue weighted by Gasteiger charge is 2.34. The number of imide groups is 1. The summed E-state index contributed by atoms with van der Waals surface area (Å²) >= 11 is 0. The number of amides is 4. The molecule has 28 heavy (non-hydrogen) atoms. The van der Waals surface area contributed by atoms with Crippen LogP contribution in [0.5, 0.6) is 5.75 Å². The molecule has 4 amide bonds. The van der Waals surface area contributed by atoms with Crippen LogP contribution >= 0.6 is 0 Å². The number of urea groups is 1. The van der Waals surface area contributed by atoms with Gasteiger partial charge in [0.25, 0.3) is 11.8 Å². The lowest BCUT2D eigenvalue weighted by molar-refractivity contribution is -0.160. The molecule has 0 spiro atoms. The molecule has 0 saturated carbocycles. The first-order chi connectivity index (χ1) is 13.2. The number of carbonyl (C=O) groups is 4. The predicted molar refractivity (Wildman–Crippen MR) is 99.8 cm³/mol. The lowest BCUT2D eigenvalue weighted by Gasteiger charge is -2.24. The molecule has 0 unspecified atom stereocenters. The van der Waals surface area contributed by atoms with E-state index in [2.05, 4.69) is 10.6 Å². The lowest BCUT2D eigenvalue weighted by Crippen LogP contribution is -2.48. The average molecular weight is 391 g/mol. The van der Waals surface area contributed by atoms with E-state index in [1.165, 1.54) is 14.0 Å². The molecule has 9 nitrogen and oxygen atoms in total. The van der Waals surface area contributed by atoms with Crippen LogP contribution in [0.3, 0.4) is 0 Å². The molecule has 2 rings (SSSR count). The van der Waals surface area contributed by atoms with Gasteiger partial charge in [0.1, 0.15) is 11.8 Å². The minimum Gasteiger partial charge on any atom is -0.497 e. The van der Waals surface area contributed by atoms with Crippen LogP contribution < -0.4 is 15.4 Å². The zero-order valence-corrected chi connectivity index (χ0v) is 16.4. The molecule has 0 radical (unpaired) electrons. The van der Waals surface area contributed by atoms with Crippen LogP contribution in [0.15, 0.2) is 24.3 Å². The second-order valence-corrected chi connectivity index (χ2v) is 6.72. The fourth-order valence-corrected chi connectivity index (χ4v) is 2.66. The molecule has 152 valence electrons. The summed E-state index contributed by atoms with van der Waals surface area (Å²) < 4.78 is 10.3. The fraction of sp³-hybridized carbons (Fsp3) is 0.474. The molecule has 1 fully saturated rings. The third-order valence-corrected chi connectivity index (χ3v) is 4.32. The van der Waals surface area contributed by atoms with Gasteiger partial charge in [0.2, 0.25) is 0 Å². The Hall–Kier alpha value is -3.10. The summed E-state index contributed by atoms with van der Waals surface area (Å²) in [5.41, 5.74) is 0.358. The highest BCUT2D eigenvalue weighted by Crippen LogP contribution is 2.13. The van der Waals surface area contributed by atoms with Crippen molar-refractivity contribution < 1.29 is 28.7 Å². The lowest BCUT2D eigenvalue weighted by atomic mass is 10.0. The van der Waals surface area contributed by atoms with Crippen LogP contribution in [0.4, 0.5) is 4.79 Å². The van der Waals surface area contributed by atoms with Gasteiger partial charge in [-0.05, 0) is 37.1 Å². The van der Waals surface area contributed by atoms with E-state index in [4.69, 9.17) is 9.47 Å². The Labute approximate surface area is 163 Å². The molecule has 1 aliphatic heterocycles. The molecule has 0 bridgehead atoms. The summed E-state index contributed by atoms with van der Waals surface area (Å²) in [4.78, 5) is 49.8. The normalized spacial score (nSPS) is 15.6. The molecule has 2 atom stereocenters. The number of hydrogen-bond donors (Lipinski definition) is 2. The van der Waals surface area contributed by atoms with Gasteiger partial charge in [-0.2, -0.15) is 0 Å². The van der Waals surface area contributed by atoms with Crippen molar-refractivity contribution in [2.75, 3.05) is 20.2 Å². The summed E-state index contributed by atoms with van der Waals surface area (Å²) in [6.07, 6.45) is -1.14. The van der Waals surface area contributed by atoms with Crippen molar-refractivity contribution in [3.8, 4) is 5.75 Å². The van der Waals surface area contributed by atoms with Gasteiger partial charge >= 0.3 is 12.0 Å². The zero-order valence-electron chi connectivity index (χ0n) is 16.4. The number of ether oxygens (including phenoxy) is 2. The number of methoxy groups -OCH3 is 1. The number of esters is 1. The molecule has 1 heterocycles. The van der Waals surface area contributed by atoms with Crippen molar-refractivity contribution in [1.29, 1.82) is 0 Å². The molecule has 9 heteroatoms. The first kappa shape index (κ1) is 21.2. The molecule has 1 saturated heterocycles. The summed E-state index contributed by atoms with van der Waals surface area (Å²) in [7, 11) is 1.52. The van der Waals surface area contributed by atoms with Gasteiger partial charge in [-0.3, -0.25) is 14.5 Å². The van der Waals surface area contributed by atoms with E-state index in [9.17, 15) is 19.2 Å². The Morgan fingerprint density at radius 3 is 2.29 bits per heavy atom. The van der Waals surface area contributed by atoms with Crippen LogP contribution in [0.1, 0.15) is 31.1 Å². The summed E-state index contributed by atoms with van der Waals surface area (Å²) in [6, 6.07) is 4.97. The second-order valence-electron chi connectivity index (χ2n) is 6.72. The number of hydrogen-bond acceptors (Lipinski definition) is 6. The number of rotatable bonds is 7. The number of nitrogens with zero attached hydrogens (tertiary/aromatic N) is 1. The number of carbonyl (C=O) groups excluding carboxylic acids is 4. The van der Waals surface area contributed by atoms with E-state index in [0.29, 0.717) is 17.9 Å². The zero-order chi connectivity index (χ0) is 20.8. The van der Waals surface area contributed by atoms with Crippen molar-refractivity contribution in [3.05, 3.63) is 29.8 Å². The summed E-state index contributed by atoms with van der Waals surface area (Å²) in [6.45, 7) is 5.48. The number of benzene rings is 1. The second kappa shape index (κ2) is 9.20. The molecular weight excluding hydrogens is 366 g/mol. The predicted octanol–water partition coefficient (Wildman–Crippen LogP) is 0.933. The van der Waals surface area contributed by atoms with E-state index >= 15 is 0 Å². The molecular formula is C19H25N3O6. The van der Waals surface area contributed by atoms with Crippen molar-refractivity contribution in [3.63, 3.8) is 0 Å². The van der Waals surface area contributed by atoms with Gasteiger partial charge in [0, 0.05) is 18.7 Å². The van der Waals surface area contributed by atoms with Gasteiger partial charge in [-0.15, -0.1) is 0 Å². The monoisotopic (exact) mass is 391 g/mol. The smallest absolute Gasteiger partial charge is 0.329 e. The summed E-state index contributed by atoms with van der Waals surface area (Å²) in [5.74, 6) is -1.46. The van der Waals surface area contributed by atoms with E-state index in [-0.39, 0.29) is 12.5 Å². The third kappa shape index (κ3) is 4.99. The highest BCUT2D eigenvalue weighted by molar-refractivity contribution is 5.99. The molecule has 1 aromatic rings. The molecule has 0 aliphatic carbocycles. The minimum atomic E-state index is -1.14. The van der Waals surface area contributed by atoms with Gasteiger partial charge in [-0.25, -0.2) is 9.59 Å². The molecule has 1 aliphatic rings. The Morgan fingerprint density at radius 2 is 1.79 bits per heavy atom. The van der Waals surface area contributed by atoms with Gasteiger partial charge < -0.3 is 20.1 Å². The third-order valence-electron chi connectivity index (χ3n) is 4.32. The molecule has 0 aromatic heterocycles. The van der Waals surface area contributed by atoms with Crippen LogP contribution in [0, 0.1) is 5.92 Å². The topological polar surface area (TPSA) is 114 Å². The summed E-state index contributed by atoms with van der Waals surface area (Å²) in [5, 5.41) is 5.15. The SMILES string of the molecule is COc1ccc(C(=O)N[C@H](C(=O)O[C@@H](C)C(=O)N2CCNC2=O)C(C)C)cc1. The van der Waals surface area contributed by atoms with Crippen molar-refractivity contribution >= 4 is 23.8 Å². The van der Waals surface area contributed by atoms with E-state index in [0.717, 1.165) is 4.90 Å². The van der Waals surface area contributed by atoms with Crippen LogP contribution in [-0.2, 0) is 14.3 Å². The maximum absolute atomic E-state index is 12.5. The van der Waals surface area contributed by atoms with Gasteiger partial charge in [0.05, 0.1) is 7.11 Å². The first-order valence-electron chi connectivity index (χ1n) is 8.99. The Kier molecular flexibility index (Phi) is 6.97. The first-order valence-corrected chi connectivity index (χ1v) is 8.99. The van der Waals surface area contributed by atoms with Crippen molar-refractivity contribution in [2.24, 2.45) is 5.92 Å². The standard InChI is InChI=1S/C19H25N3O6/c1-11(2)15(21-16(23)13-5-7-14(27-4)8-6-13)18(25)28-12(3)17(24)22-10-9-20-19(22)26/h5-8,11-12,15H,9-10H2,1-4H3,(H,20,26)(H,21,23)/t12-,15-/m0/s1. The maximum Gasteiger partial charge on any atom is 0.329 e. The Morgan fingerprint density at radius 1 is 1.14 bits per heavy atom. The van der Waals surface area contributed by atoms with Crippen LogP contribution in [-0.4, -0.2) is 61.1 Å². The molecule has 1 aromatic carbocycles. The Bertz CT molecular complexity index is 747.